The summed E-state index contributed by atoms with van der Waals surface area (Å²) in [4.78, 5) is 22.2. The van der Waals surface area contributed by atoms with Gasteiger partial charge in [-0.25, -0.2) is 4.98 Å². The second kappa shape index (κ2) is 8.57. The molecule has 5 aromatic rings. The number of carbonyl (C=O) groups is 1. The quantitative estimate of drug-likeness (QED) is 0.288. The number of aromatic nitrogens is 3. The average molecular weight is 460 g/mol. The molecule has 0 amide bonds. The standard InChI is InChI=1S/C25H18ClN3O2S/c1-31-19-8-9-23-20(11-19)21(14-29(23)13-16-4-6-18(26)7-5-16)24(30)25-28-22(15-32-25)17-3-2-10-27-12-17/h2-12,14-15H,13H2,1H3. The molecule has 158 valence electrons. The van der Waals surface area contributed by atoms with Gasteiger partial charge in [0.05, 0.1) is 18.4 Å². The molecule has 0 saturated heterocycles. The van der Waals surface area contributed by atoms with Crippen LogP contribution in [-0.4, -0.2) is 27.4 Å². The molecule has 5 rings (SSSR count). The van der Waals surface area contributed by atoms with Crippen molar-refractivity contribution >= 4 is 39.6 Å². The van der Waals surface area contributed by atoms with Gasteiger partial charge in [0.1, 0.15) is 5.75 Å². The normalized spacial score (nSPS) is 11.1. The molecule has 0 fully saturated rings. The van der Waals surface area contributed by atoms with E-state index in [1.54, 1.807) is 19.5 Å². The number of ketones is 1. The first kappa shape index (κ1) is 20.4. The van der Waals surface area contributed by atoms with Crippen molar-refractivity contribution in [2.75, 3.05) is 7.11 Å². The van der Waals surface area contributed by atoms with Gasteiger partial charge in [-0.15, -0.1) is 11.3 Å². The number of thiazole rings is 1. The minimum Gasteiger partial charge on any atom is -0.497 e. The van der Waals surface area contributed by atoms with Gasteiger partial charge in [0, 0.05) is 52.0 Å². The zero-order chi connectivity index (χ0) is 22.1. The van der Waals surface area contributed by atoms with Crippen molar-refractivity contribution in [1.82, 2.24) is 14.5 Å². The van der Waals surface area contributed by atoms with Crippen molar-refractivity contribution in [3.8, 4) is 17.0 Å². The number of fused-ring (bicyclic) bond motifs is 1. The Morgan fingerprint density at radius 3 is 2.75 bits per heavy atom. The lowest BCUT2D eigenvalue weighted by molar-refractivity contribution is 0.104. The van der Waals surface area contributed by atoms with Gasteiger partial charge in [0.25, 0.3) is 0 Å². The Labute approximate surface area is 193 Å². The smallest absolute Gasteiger partial charge is 0.223 e. The summed E-state index contributed by atoms with van der Waals surface area (Å²) in [7, 11) is 1.62. The van der Waals surface area contributed by atoms with Crippen LogP contribution in [0.3, 0.4) is 0 Å². The van der Waals surface area contributed by atoms with Crippen LogP contribution < -0.4 is 4.74 Å². The Bertz CT molecular complexity index is 1410. The maximum Gasteiger partial charge on any atom is 0.223 e. The Morgan fingerprint density at radius 1 is 1.16 bits per heavy atom. The molecule has 3 heterocycles. The zero-order valence-electron chi connectivity index (χ0n) is 17.2. The van der Waals surface area contributed by atoms with Crippen LogP contribution in [0.5, 0.6) is 5.75 Å². The van der Waals surface area contributed by atoms with Crippen molar-refractivity contribution in [1.29, 1.82) is 0 Å². The molecular formula is C25H18ClN3O2S. The summed E-state index contributed by atoms with van der Waals surface area (Å²) in [6.07, 6.45) is 5.35. The monoisotopic (exact) mass is 459 g/mol. The van der Waals surface area contributed by atoms with Crippen molar-refractivity contribution in [2.24, 2.45) is 0 Å². The Balaban J connectivity index is 1.56. The minimum absolute atomic E-state index is 0.113. The third-order valence-electron chi connectivity index (χ3n) is 5.25. The number of benzene rings is 2. The van der Waals surface area contributed by atoms with Crippen molar-refractivity contribution in [2.45, 2.75) is 6.54 Å². The predicted octanol–water partition coefficient (Wildman–Crippen LogP) is 6.10. The summed E-state index contributed by atoms with van der Waals surface area (Å²) < 4.78 is 7.48. The van der Waals surface area contributed by atoms with Crippen molar-refractivity contribution in [3.63, 3.8) is 0 Å². The number of halogens is 1. The minimum atomic E-state index is -0.113. The lowest BCUT2D eigenvalue weighted by Gasteiger charge is -2.06. The highest BCUT2D eigenvalue weighted by atomic mass is 35.5. The van der Waals surface area contributed by atoms with E-state index in [1.165, 1.54) is 11.3 Å². The van der Waals surface area contributed by atoms with Crippen LogP contribution in [0.4, 0.5) is 0 Å². The summed E-state index contributed by atoms with van der Waals surface area (Å²) in [5, 5.41) is 3.86. The molecule has 0 aliphatic rings. The van der Waals surface area contributed by atoms with Crippen LogP contribution in [0.15, 0.2) is 78.6 Å². The van der Waals surface area contributed by atoms with Gasteiger partial charge >= 0.3 is 0 Å². The number of ether oxygens (including phenoxy) is 1. The number of rotatable bonds is 6. The summed E-state index contributed by atoms with van der Waals surface area (Å²) in [5.74, 6) is 0.587. The largest absolute Gasteiger partial charge is 0.497 e. The number of methoxy groups -OCH3 is 1. The number of hydrogen-bond acceptors (Lipinski definition) is 5. The molecule has 0 aliphatic heterocycles. The molecular weight excluding hydrogens is 442 g/mol. The Morgan fingerprint density at radius 2 is 2.00 bits per heavy atom. The van der Waals surface area contributed by atoms with E-state index in [9.17, 15) is 4.79 Å². The third kappa shape index (κ3) is 3.90. The number of pyridine rings is 1. The van der Waals surface area contributed by atoms with Crippen molar-refractivity contribution in [3.05, 3.63) is 99.7 Å². The van der Waals surface area contributed by atoms with E-state index in [-0.39, 0.29) is 5.78 Å². The number of nitrogens with zero attached hydrogens (tertiary/aromatic N) is 3. The Kier molecular flexibility index (Phi) is 5.47. The fourth-order valence-electron chi connectivity index (χ4n) is 3.64. The van der Waals surface area contributed by atoms with E-state index < -0.39 is 0 Å². The summed E-state index contributed by atoms with van der Waals surface area (Å²) in [6, 6.07) is 17.3. The molecule has 3 aromatic heterocycles. The highest BCUT2D eigenvalue weighted by molar-refractivity contribution is 7.12. The summed E-state index contributed by atoms with van der Waals surface area (Å²) in [5.41, 5.74) is 4.27. The SMILES string of the molecule is COc1ccc2c(c1)c(C(=O)c1nc(-c3cccnc3)cs1)cn2Cc1ccc(Cl)cc1. The number of hydrogen-bond donors (Lipinski definition) is 0. The zero-order valence-corrected chi connectivity index (χ0v) is 18.7. The van der Waals surface area contributed by atoms with Crippen LogP contribution in [-0.2, 0) is 6.54 Å². The van der Waals surface area contributed by atoms with Crippen LogP contribution in [0.2, 0.25) is 5.02 Å². The fraction of sp³-hybridized carbons (Fsp3) is 0.0800. The van der Waals surface area contributed by atoms with Gasteiger partial charge < -0.3 is 9.30 Å². The second-order valence-electron chi connectivity index (χ2n) is 7.29. The third-order valence-corrected chi connectivity index (χ3v) is 6.35. The summed E-state index contributed by atoms with van der Waals surface area (Å²) >= 11 is 7.36. The van der Waals surface area contributed by atoms with E-state index in [2.05, 4.69) is 14.5 Å². The molecule has 0 spiro atoms. The molecule has 0 unspecified atom stereocenters. The average Bonchev–Trinajstić information content (AvgIpc) is 3.46. The molecule has 0 saturated carbocycles. The maximum absolute atomic E-state index is 13.5. The lowest BCUT2D eigenvalue weighted by Crippen LogP contribution is -2.01. The second-order valence-corrected chi connectivity index (χ2v) is 8.58. The van der Waals surface area contributed by atoms with Crippen molar-refractivity contribution < 1.29 is 9.53 Å². The van der Waals surface area contributed by atoms with Gasteiger partial charge in [0.2, 0.25) is 5.78 Å². The molecule has 32 heavy (non-hydrogen) atoms. The molecule has 0 aliphatic carbocycles. The lowest BCUT2D eigenvalue weighted by atomic mass is 10.1. The first-order valence-electron chi connectivity index (χ1n) is 9.94. The molecule has 0 bridgehead atoms. The first-order chi connectivity index (χ1) is 15.6. The van der Waals surface area contributed by atoms with Gasteiger partial charge in [-0.2, -0.15) is 0 Å². The van der Waals surface area contributed by atoms with Crippen LogP contribution >= 0.6 is 22.9 Å². The van der Waals surface area contributed by atoms with E-state index in [1.807, 2.05) is 66.2 Å². The van der Waals surface area contributed by atoms with Crippen LogP contribution in [0.1, 0.15) is 20.9 Å². The van der Waals surface area contributed by atoms with Crippen LogP contribution in [0, 0.1) is 0 Å². The predicted molar refractivity (Wildman–Crippen MR) is 128 cm³/mol. The van der Waals surface area contributed by atoms with Crippen LogP contribution in [0.25, 0.3) is 22.2 Å². The van der Waals surface area contributed by atoms with E-state index in [0.29, 0.717) is 27.9 Å². The Hall–Kier alpha value is -3.48. The van der Waals surface area contributed by atoms with E-state index in [4.69, 9.17) is 16.3 Å². The topological polar surface area (TPSA) is 57.0 Å². The van der Waals surface area contributed by atoms with Gasteiger partial charge in [-0.05, 0) is 48.0 Å². The maximum atomic E-state index is 13.5. The fourth-order valence-corrected chi connectivity index (χ4v) is 4.55. The van der Waals surface area contributed by atoms with E-state index in [0.717, 1.165) is 27.7 Å². The van der Waals surface area contributed by atoms with E-state index >= 15 is 0 Å². The molecule has 0 radical (unpaired) electrons. The van der Waals surface area contributed by atoms with Gasteiger partial charge in [-0.1, -0.05) is 23.7 Å². The van der Waals surface area contributed by atoms with Gasteiger partial charge in [0.15, 0.2) is 5.01 Å². The molecule has 0 N–H and O–H groups in total. The molecule has 7 heteroatoms. The molecule has 0 atom stereocenters. The van der Waals surface area contributed by atoms with Gasteiger partial charge in [-0.3, -0.25) is 9.78 Å². The first-order valence-corrected chi connectivity index (χ1v) is 11.2. The number of carbonyl (C=O) groups excluding carboxylic acids is 1. The molecule has 2 aromatic carbocycles. The molecule has 5 nitrogen and oxygen atoms in total. The highest BCUT2D eigenvalue weighted by Crippen LogP contribution is 2.30. The summed E-state index contributed by atoms with van der Waals surface area (Å²) in [6.45, 7) is 0.617. The highest BCUT2D eigenvalue weighted by Gasteiger charge is 2.21.